The Balaban J connectivity index is 1.12. The largest absolute Gasteiger partial charge is 0.309 e. The summed E-state index contributed by atoms with van der Waals surface area (Å²) in [4.78, 5) is 5.06. The zero-order valence-corrected chi connectivity index (χ0v) is 27.6. The Morgan fingerprint density at radius 3 is 1.35 bits per heavy atom. The van der Waals surface area contributed by atoms with Crippen molar-refractivity contribution in [3.8, 4) is 28.5 Å². The maximum absolute atomic E-state index is 5.06. The van der Waals surface area contributed by atoms with E-state index in [-0.39, 0.29) is 0 Å². The minimum atomic E-state index is 0.938. The highest BCUT2D eigenvalue weighted by Gasteiger charge is 2.18. The van der Waals surface area contributed by atoms with Crippen LogP contribution in [0, 0.1) is 0 Å². The maximum atomic E-state index is 5.06. The number of rotatable bonds is 4. The van der Waals surface area contributed by atoms with Crippen molar-refractivity contribution in [1.29, 1.82) is 0 Å². The van der Waals surface area contributed by atoms with Gasteiger partial charge in [0.15, 0.2) is 0 Å². The Morgan fingerprint density at radius 1 is 0.314 bits per heavy atom. The third kappa shape index (κ3) is 4.17. The van der Waals surface area contributed by atoms with Gasteiger partial charge in [-0.05, 0) is 95.7 Å². The van der Waals surface area contributed by atoms with Gasteiger partial charge < -0.3 is 9.13 Å². The molecule has 0 bridgehead atoms. The van der Waals surface area contributed by atoms with E-state index in [4.69, 9.17) is 4.98 Å². The molecular weight excluding hydrogens is 621 g/mol. The molecule has 0 fully saturated rings. The van der Waals surface area contributed by atoms with Crippen LogP contribution in [0.4, 0.5) is 0 Å². The van der Waals surface area contributed by atoms with E-state index < -0.39 is 0 Å². The second-order valence-corrected chi connectivity index (χ2v) is 13.3. The SMILES string of the molecule is c1ccc(-c2nc3ccccc3n2-c2ccc(-n3c4ccccc4c4cc5cc6c(cc5cc43)c3ccccc3n6-c3ccccc3)cc2)cc1. The number of nitrogens with zero attached hydrogens (tertiary/aromatic N) is 4. The van der Waals surface area contributed by atoms with Gasteiger partial charge in [0.05, 0.1) is 33.1 Å². The molecule has 0 saturated heterocycles. The number of fused-ring (bicyclic) bond motifs is 8. The van der Waals surface area contributed by atoms with Crippen LogP contribution >= 0.6 is 0 Å². The van der Waals surface area contributed by atoms with Crippen LogP contribution in [0.2, 0.25) is 0 Å². The van der Waals surface area contributed by atoms with Crippen LogP contribution in [-0.4, -0.2) is 18.7 Å². The Kier molecular flexibility index (Phi) is 5.92. The Morgan fingerprint density at radius 2 is 0.765 bits per heavy atom. The summed E-state index contributed by atoms with van der Waals surface area (Å²) in [5, 5.41) is 7.47. The zero-order chi connectivity index (χ0) is 33.5. The topological polar surface area (TPSA) is 27.7 Å². The lowest BCUT2D eigenvalue weighted by molar-refractivity contribution is 1.09. The van der Waals surface area contributed by atoms with Crippen molar-refractivity contribution >= 4 is 65.4 Å². The molecule has 0 aliphatic heterocycles. The Bertz CT molecular complexity index is 3110. The zero-order valence-electron chi connectivity index (χ0n) is 27.6. The lowest BCUT2D eigenvalue weighted by Gasteiger charge is -2.13. The quantitative estimate of drug-likeness (QED) is 0.186. The van der Waals surface area contributed by atoms with Gasteiger partial charge in [0.25, 0.3) is 0 Å². The predicted molar refractivity (Wildman–Crippen MR) is 213 cm³/mol. The van der Waals surface area contributed by atoms with Gasteiger partial charge >= 0.3 is 0 Å². The fraction of sp³-hybridized carbons (Fsp3) is 0. The van der Waals surface area contributed by atoms with Crippen LogP contribution in [0.15, 0.2) is 182 Å². The number of hydrogen-bond acceptors (Lipinski definition) is 1. The number of benzene rings is 8. The number of aromatic nitrogens is 4. The number of hydrogen-bond donors (Lipinski definition) is 0. The van der Waals surface area contributed by atoms with Crippen LogP contribution in [0.5, 0.6) is 0 Å². The van der Waals surface area contributed by atoms with E-state index in [1.54, 1.807) is 0 Å². The molecule has 0 aliphatic rings. The summed E-state index contributed by atoms with van der Waals surface area (Å²) in [5.74, 6) is 0.938. The molecule has 11 aromatic rings. The van der Waals surface area contributed by atoms with Crippen LogP contribution in [-0.2, 0) is 0 Å². The fourth-order valence-electron chi connectivity index (χ4n) is 8.13. The third-order valence-corrected chi connectivity index (χ3v) is 10.4. The van der Waals surface area contributed by atoms with E-state index in [1.165, 1.54) is 60.1 Å². The minimum absolute atomic E-state index is 0.938. The van der Waals surface area contributed by atoms with E-state index in [2.05, 4.69) is 190 Å². The first kappa shape index (κ1) is 28.0. The van der Waals surface area contributed by atoms with Gasteiger partial charge in [-0.15, -0.1) is 0 Å². The summed E-state index contributed by atoms with van der Waals surface area (Å²) in [6, 6.07) is 65.4. The fourth-order valence-corrected chi connectivity index (χ4v) is 8.13. The third-order valence-electron chi connectivity index (χ3n) is 10.4. The highest BCUT2D eigenvalue weighted by molar-refractivity contribution is 6.18. The van der Waals surface area contributed by atoms with Crippen LogP contribution in [0.3, 0.4) is 0 Å². The van der Waals surface area contributed by atoms with Gasteiger partial charge in [0.1, 0.15) is 5.82 Å². The van der Waals surface area contributed by atoms with E-state index in [0.717, 1.165) is 33.8 Å². The molecule has 4 heteroatoms. The van der Waals surface area contributed by atoms with Gasteiger partial charge in [-0.2, -0.15) is 0 Å². The number of para-hydroxylation sites is 5. The molecule has 0 atom stereocenters. The van der Waals surface area contributed by atoms with Crippen molar-refractivity contribution in [2.45, 2.75) is 0 Å². The normalized spacial score (nSPS) is 11.9. The van der Waals surface area contributed by atoms with Crippen molar-refractivity contribution in [3.05, 3.63) is 182 Å². The summed E-state index contributed by atoms with van der Waals surface area (Å²) in [6.07, 6.45) is 0. The molecule has 51 heavy (non-hydrogen) atoms. The van der Waals surface area contributed by atoms with Crippen molar-refractivity contribution < 1.29 is 0 Å². The van der Waals surface area contributed by atoms with E-state index in [0.29, 0.717) is 0 Å². The molecule has 8 aromatic carbocycles. The highest BCUT2D eigenvalue weighted by atomic mass is 15.1. The summed E-state index contributed by atoms with van der Waals surface area (Å²) in [7, 11) is 0. The second-order valence-electron chi connectivity index (χ2n) is 13.3. The van der Waals surface area contributed by atoms with E-state index >= 15 is 0 Å². The lowest BCUT2D eigenvalue weighted by Crippen LogP contribution is -1.99. The van der Waals surface area contributed by atoms with Crippen LogP contribution in [0.1, 0.15) is 0 Å². The molecular formula is C47H30N4. The first-order chi connectivity index (χ1) is 25.3. The average molecular weight is 651 g/mol. The van der Waals surface area contributed by atoms with Gasteiger partial charge in [-0.1, -0.05) is 97.1 Å². The van der Waals surface area contributed by atoms with Crippen LogP contribution < -0.4 is 0 Å². The summed E-state index contributed by atoms with van der Waals surface area (Å²) in [6.45, 7) is 0. The summed E-state index contributed by atoms with van der Waals surface area (Å²) < 4.78 is 7.08. The molecule has 0 spiro atoms. The molecule has 0 aliphatic carbocycles. The molecule has 238 valence electrons. The van der Waals surface area contributed by atoms with E-state index in [9.17, 15) is 0 Å². The number of imidazole rings is 1. The van der Waals surface area contributed by atoms with Crippen molar-refractivity contribution in [2.24, 2.45) is 0 Å². The second kappa shape index (κ2) is 10.8. The molecule has 3 heterocycles. The summed E-state index contributed by atoms with van der Waals surface area (Å²) >= 11 is 0. The van der Waals surface area contributed by atoms with Gasteiger partial charge in [-0.3, -0.25) is 4.57 Å². The van der Waals surface area contributed by atoms with Gasteiger partial charge in [0, 0.05) is 44.2 Å². The highest BCUT2D eigenvalue weighted by Crippen LogP contribution is 2.39. The molecule has 11 rings (SSSR count). The molecule has 0 N–H and O–H groups in total. The first-order valence-corrected chi connectivity index (χ1v) is 17.4. The molecule has 4 nitrogen and oxygen atoms in total. The maximum Gasteiger partial charge on any atom is 0.145 e. The van der Waals surface area contributed by atoms with E-state index in [1.807, 2.05) is 6.07 Å². The van der Waals surface area contributed by atoms with Crippen molar-refractivity contribution in [2.75, 3.05) is 0 Å². The predicted octanol–water partition coefficient (Wildman–Crippen LogP) is 12.0. The molecule has 0 unspecified atom stereocenters. The monoisotopic (exact) mass is 650 g/mol. The average Bonchev–Trinajstić information content (AvgIpc) is 3.84. The first-order valence-electron chi connectivity index (χ1n) is 17.4. The van der Waals surface area contributed by atoms with Crippen molar-refractivity contribution in [1.82, 2.24) is 18.7 Å². The van der Waals surface area contributed by atoms with Gasteiger partial charge in [-0.25, -0.2) is 4.98 Å². The smallest absolute Gasteiger partial charge is 0.145 e. The Labute approximate surface area is 293 Å². The standard InChI is InChI=1S/C47H30N4/c1-3-13-31(14-4-1)47-48-41-19-9-12-22-44(41)51(47)36-25-23-35(24-26-36)50-43-21-11-8-18-38(43)40-28-32-29-45-39(27-33(32)30-46(40)50)37-17-7-10-20-42(37)49(45)34-15-5-2-6-16-34/h1-30H. The lowest BCUT2D eigenvalue weighted by atomic mass is 10.0. The molecule has 3 aromatic heterocycles. The Hall–Kier alpha value is -6.91. The molecule has 0 radical (unpaired) electrons. The molecule has 0 saturated carbocycles. The summed E-state index contributed by atoms with van der Waals surface area (Å²) in [5.41, 5.74) is 11.4. The van der Waals surface area contributed by atoms with Gasteiger partial charge in [0.2, 0.25) is 0 Å². The minimum Gasteiger partial charge on any atom is -0.309 e. The van der Waals surface area contributed by atoms with Crippen molar-refractivity contribution in [3.63, 3.8) is 0 Å². The van der Waals surface area contributed by atoms with Crippen LogP contribution in [0.25, 0.3) is 93.9 Å². The molecule has 0 amide bonds.